The third kappa shape index (κ3) is 4.50. The largest absolute Gasteiger partial charge is 0.492 e. The highest BCUT2D eigenvalue weighted by atomic mass is 16.5. The number of carbonyl (C=O) groups is 1. The van der Waals surface area contributed by atoms with Crippen molar-refractivity contribution in [1.29, 1.82) is 0 Å². The van der Waals surface area contributed by atoms with Crippen molar-refractivity contribution >= 4 is 17.9 Å². The SMILES string of the molecule is O=Cc1cnc(Nc2cccc(OCCN3CCCC3)c2)nc1. The Morgan fingerprint density at radius 1 is 1.22 bits per heavy atom. The minimum absolute atomic E-state index is 0.449. The van der Waals surface area contributed by atoms with E-state index in [1.807, 2.05) is 24.3 Å². The average molecular weight is 312 g/mol. The number of hydrogen-bond donors (Lipinski definition) is 1. The standard InChI is InChI=1S/C17H20N4O2/c22-13-14-11-18-17(19-12-14)20-15-4-3-5-16(10-15)23-9-8-21-6-1-2-7-21/h3-5,10-13H,1-2,6-9H2,(H,18,19,20). The van der Waals surface area contributed by atoms with Crippen LogP contribution in [0.5, 0.6) is 5.75 Å². The number of hydrogen-bond acceptors (Lipinski definition) is 6. The van der Waals surface area contributed by atoms with Crippen LogP contribution in [0.1, 0.15) is 23.2 Å². The summed E-state index contributed by atoms with van der Waals surface area (Å²) in [6.07, 6.45) is 6.28. The summed E-state index contributed by atoms with van der Waals surface area (Å²) in [5.74, 6) is 1.27. The second kappa shape index (κ2) is 7.69. The molecule has 1 saturated heterocycles. The van der Waals surface area contributed by atoms with Crippen LogP contribution in [-0.2, 0) is 0 Å². The first-order valence-corrected chi connectivity index (χ1v) is 7.83. The topological polar surface area (TPSA) is 67.3 Å². The van der Waals surface area contributed by atoms with Gasteiger partial charge in [0.05, 0.1) is 5.56 Å². The van der Waals surface area contributed by atoms with Gasteiger partial charge in [0.15, 0.2) is 6.29 Å². The molecular formula is C17H20N4O2. The summed E-state index contributed by atoms with van der Waals surface area (Å²) in [5.41, 5.74) is 1.30. The quantitative estimate of drug-likeness (QED) is 0.792. The molecule has 2 heterocycles. The zero-order valence-corrected chi connectivity index (χ0v) is 12.9. The molecule has 0 unspecified atom stereocenters. The van der Waals surface area contributed by atoms with Crippen molar-refractivity contribution in [3.8, 4) is 5.75 Å². The Morgan fingerprint density at radius 3 is 2.74 bits per heavy atom. The van der Waals surface area contributed by atoms with Crippen LogP contribution >= 0.6 is 0 Å². The van der Waals surface area contributed by atoms with Gasteiger partial charge in [0, 0.05) is 30.7 Å². The Bertz CT molecular complexity index is 639. The van der Waals surface area contributed by atoms with Gasteiger partial charge in [-0.1, -0.05) is 6.07 Å². The van der Waals surface area contributed by atoms with Gasteiger partial charge >= 0.3 is 0 Å². The summed E-state index contributed by atoms with van der Waals surface area (Å²) in [6, 6.07) is 7.70. The van der Waals surface area contributed by atoms with Crippen LogP contribution in [0.2, 0.25) is 0 Å². The van der Waals surface area contributed by atoms with Crippen LogP contribution in [0.4, 0.5) is 11.6 Å². The van der Waals surface area contributed by atoms with E-state index in [0.717, 1.165) is 24.3 Å². The van der Waals surface area contributed by atoms with Gasteiger partial charge in [-0.2, -0.15) is 0 Å². The Labute approximate surface area is 135 Å². The van der Waals surface area contributed by atoms with Gasteiger partial charge in [0.1, 0.15) is 12.4 Å². The van der Waals surface area contributed by atoms with E-state index in [-0.39, 0.29) is 0 Å². The van der Waals surface area contributed by atoms with Crippen molar-refractivity contribution in [3.63, 3.8) is 0 Å². The minimum Gasteiger partial charge on any atom is -0.492 e. The molecule has 120 valence electrons. The molecule has 6 heteroatoms. The van der Waals surface area contributed by atoms with Crippen molar-refractivity contribution < 1.29 is 9.53 Å². The number of benzene rings is 1. The van der Waals surface area contributed by atoms with Crippen LogP contribution < -0.4 is 10.1 Å². The Balaban J connectivity index is 1.54. The Hall–Kier alpha value is -2.47. The molecule has 0 bridgehead atoms. The van der Waals surface area contributed by atoms with E-state index in [4.69, 9.17) is 4.74 Å². The fraction of sp³-hybridized carbons (Fsp3) is 0.353. The molecule has 1 aromatic heterocycles. The number of nitrogens with zero attached hydrogens (tertiary/aromatic N) is 3. The zero-order chi connectivity index (χ0) is 15.9. The molecule has 2 aromatic rings. The molecule has 1 N–H and O–H groups in total. The molecule has 0 aliphatic carbocycles. The fourth-order valence-electron chi connectivity index (χ4n) is 2.55. The molecular weight excluding hydrogens is 292 g/mol. The van der Waals surface area contributed by atoms with Crippen molar-refractivity contribution in [2.75, 3.05) is 31.6 Å². The maximum atomic E-state index is 10.6. The lowest BCUT2D eigenvalue weighted by atomic mass is 10.3. The maximum absolute atomic E-state index is 10.6. The summed E-state index contributed by atoms with van der Waals surface area (Å²) in [7, 11) is 0. The molecule has 0 radical (unpaired) electrons. The number of rotatable bonds is 7. The molecule has 23 heavy (non-hydrogen) atoms. The molecule has 1 aliphatic rings. The van der Waals surface area contributed by atoms with Crippen LogP contribution in [0.25, 0.3) is 0 Å². The zero-order valence-electron chi connectivity index (χ0n) is 12.9. The molecule has 1 aliphatic heterocycles. The lowest BCUT2D eigenvalue weighted by Gasteiger charge is -2.15. The molecule has 0 amide bonds. The van der Waals surface area contributed by atoms with E-state index in [1.54, 1.807) is 0 Å². The highest BCUT2D eigenvalue weighted by Gasteiger charge is 2.10. The number of nitrogens with one attached hydrogen (secondary N) is 1. The highest BCUT2D eigenvalue weighted by molar-refractivity contribution is 5.73. The number of ether oxygens (including phenoxy) is 1. The number of aldehydes is 1. The molecule has 0 spiro atoms. The van der Waals surface area contributed by atoms with Gasteiger partial charge in [0.25, 0.3) is 0 Å². The van der Waals surface area contributed by atoms with E-state index in [2.05, 4.69) is 20.2 Å². The van der Waals surface area contributed by atoms with E-state index in [9.17, 15) is 4.79 Å². The second-order valence-corrected chi connectivity index (χ2v) is 5.51. The van der Waals surface area contributed by atoms with E-state index < -0.39 is 0 Å². The van der Waals surface area contributed by atoms with Crippen molar-refractivity contribution in [2.45, 2.75) is 12.8 Å². The van der Waals surface area contributed by atoms with Gasteiger partial charge in [-0.15, -0.1) is 0 Å². The summed E-state index contributed by atoms with van der Waals surface area (Å²) in [5, 5.41) is 3.10. The molecule has 6 nitrogen and oxygen atoms in total. The van der Waals surface area contributed by atoms with E-state index in [1.165, 1.54) is 38.3 Å². The average Bonchev–Trinajstić information content (AvgIpc) is 3.09. The third-order valence-corrected chi connectivity index (χ3v) is 3.77. The van der Waals surface area contributed by atoms with Crippen LogP contribution in [0.15, 0.2) is 36.7 Å². The normalized spacial score (nSPS) is 14.6. The second-order valence-electron chi connectivity index (χ2n) is 5.51. The number of aromatic nitrogens is 2. The van der Waals surface area contributed by atoms with Crippen LogP contribution in [0, 0.1) is 0 Å². The summed E-state index contributed by atoms with van der Waals surface area (Å²) >= 11 is 0. The van der Waals surface area contributed by atoms with Gasteiger partial charge in [-0.3, -0.25) is 9.69 Å². The number of anilines is 2. The Morgan fingerprint density at radius 2 is 2.00 bits per heavy atom. The van der Waals surface area contributed by atoms with Gasteiger partial charge < -0.3 is 10.1 Å². The third-order valence-electron chi connectivity index (χ3n) is 3.77. The first kappa shape index (κ1) is 15.4. The number of carbonyl (C=O) groups excluding carboxylic acids is 1. The minimum atomic E-state index is 0.449. The summed E-state index contributed by atoms with van der Waals surface area (Å²) < 4.78 is 5.81. The molecule has 1 fully saturated rings. The lowest BCUT2D eigenvalue weighted by Crippen LogP contribution is -2.25. The van der Waals surface area contributed by atoms with E-state index >= 15 is 0 Å². The predicted octanol–water partition coefficient (Wildman–Crippen LogP) is 2.51. The first-order valence-electron chi connectivity index (χ1n) is 7.83. The molecule has 0 saturated carbocycles. The highest BCUT2D eigenvalue weighted by Crippen LogP contribution is 2.20. The van der Waals surface area contributed by atoms with Crippen LogP contribution in [0.3, 0.4) is 0 Å². The Kier molecular flexibility index (Phi) is 5.16. The maximum Gasteiger partial charge on any atom is 0.227 e. The molecule has 1 aromatic carbocycles. The van der Waals surface area contributed by atoms with Gasteiger partial charge in [0.2, 0.25) is 5.95 Å². The smallest absolute Gasteiger partial charge is 0.227 e. The van der Waals surface area contributed by atoms with Crippen molar-refractivity contribution in [3.05, 3.63) is 42.2 Å². The fourth-order valence-corrected chi connectivity index (χ4v) is 2.55. The monoisotopic (exact) mass is 312 g/mol. The number of likely N-dealkylation sites (tertiary alicyclic amines) is 1. The van der Waals surface area contributed by atoms with Crippen molar-refractivity contribution in [1.82, 2.24) is 14.9 Å². The van der Waals surface area contributed by atoms with Crippen LogP contribution in [-0.4, -0.2) is 47.4 Å². The lowest BCUT2D eigenvalue weighted by molar-refractivity contribution is 0.112. The van der Waals surface area contributed by atoms with E-state index in [0.29, 0.717) is 18.1 Å². The first-order chi connectivity index (χ1) is 11.3. The summed E-state index contributed by atoms with van der Waals surface area (Å²) in [4.78, 5) is 21.2. The van der Waals surface area contributed by atoms with Gasteiger partial charge in [-0.25, -0.2) is 9.97 Å². The van der Waals surface area contributed by atoms with Gasteiger partial charge in [-0.05, 0) is 38.1 Å². The molecule has 0 atom stereocenters. The summed E-state index contributed by atoms with van der Waals surface area (Å²) in [6.45, 7) is 4.01. The predicted molar refractivity (Wildman–Crippen MR) is 88.3 cm³/mol. The van der Waals surface area contributed by atoms with Crippen molar-refractivity contribution in [2.24, 2.45) is 0 Å². The molecule has 3 rings (SSSR count).